The molecule has 1 fully saturated rings. The predicted octanol–water partition coefficient (Wildman–Crippen LogP) is 2.76. The van der Waals surface area contributed by atoms with E-state index in [-0.39, 0.29) is 22.6 Å². The van der Waals surface area contributed by atoms with Crippen molar-refractivity contribution in [3.63, 3.8) is 0 Å². The molecule has 3 rings (SSSR count). The standard InChI is InChI=1S/C13H12INO4S/c1-7-10-6-9(20(14,17)18)4-5-11(10)19-12(7)13(16)15-8-2-3-8/h4-6,8H,2-3H2,1H3,(H,15,16). The molecule has 0 saturated heterocycles. The van der Waals surface area contributed by atoms with Gasteiger partial charge in [0.25, 0.3) is 5.91 Å². The summed E-state index contributed by atoms with van der Waals surface area (Å²) >= 11 is 1.39. The number of benzene rings is 1. The number of hydrogen-bond acceptors (Lipinski definition) is 4. The van der Waals surface area contributed by atoms with Gasteiger partial charge in [-0.25, -0.2) is 8.42 Å². The molecule has 1 amide bonds. The number of fused-ring (bicyclic) bond motifs is 1. The van der Waals surface area contributed by atoms with Crippen LogP contribution in [0.15, 0.2) is 27.5 Å². The molecule has 7 heteroatoms. The highest BCUT2D eigenvalue weighted by Crippen LogP contribution is 2.30. The van der Waals surface area contributed by atoms with Gasteiger partial charge >= 0.3 is 0 Å². The van der Waals surface area contributed by atoms with Gasteiger partial charge in [0.1, 0.15) is 5.58 Å². The third kappa shape index (κ3) is 2.56. The van der Waals surface area contributed by atoms with Crippen LogP contribution in [0.2, 0.25) is 0 Å². The SMILES string of the molecule is Cc1c(C(=O)NC2CC2)oc2ccc(S(=O)(=O)I)cc12. The number of carbonyl (C=O) groups excluding carboxylic acids is 1. The minimum absolute atomic E-state index is 0.212. The molecule has 0 spiro atoms. The maximum Gasteiger partial charge on any atom is 0.287 e. The Kier molecular flexibility index (Phi) is 3.28. The minimum atomic E-state index is -3.30. The highest BCUT2D eigenvalue weighted by molar-refractivity contribution is 14.2. The van der Waals surface area contributed by atoms with Gasteiger partial charge in [0, 0.05) is 17.0 Å². The molecule has 20 heavy (non-hydrogen) atoms. The lowest BCUT2D eigenvalue weighted by Gasteiger charge is -2.00. The second-order valence-corrected chi connectivity index (χ2v) is 9.73. The quantitative estimate of drug-likeness (QED) is 0.630. The molecule has 2 aromatic rings. The molecule has 0 aliphatic heterocycles. The van der Waals surface area contributed by atoms with Crippen LogP contribution in [0.1, 0.15) is 29.0 Å². The fourth-order valence-corrected chi connectivity index (χ4v) is 3.36. The minimum Gasteiger partial charge on any atom is -0.451 e. The topological polar surface area (TPSA) is 76.4 Å². The van der Waals surface area contributed by atoms with E-state index >= 15 is 0 Å². The molecule has 0 radical (unpaired) electrons. The van der Waals surface area contributed by atoms with Crippen molar-refractivity contribution in [2.75, 3.05) is 0 Å². The van der Waals surface area contributed by atoms with Gasteiger partial charge in [-0.1, -0.05) is 0 Å². The van der Waals surface area contributed by atoms with E-state index in [1.165, 1.54) is 27.3 Å². The average Bonchev–Trinajstić information content (AvgIpc) is 3.11. The van der Waals surface area contributed by atoms with Gasteiger partial charge in [-0.05, 0) is 38.0 Å². The third-order valence-electron chi connectivity index (χ3n) is 3.31. The van der Waals surface area contributed by atoms with Crippen LogP contribution in [-0.4, -0.2) is 20.4 Å². The van der Waals surface area contributed by atoms with E-state index in [9.17, 15) is 13.2 Å². The fourth-order valence-electron chi connectivity index (χ4n) is 2.05. The second-order valence-electron chi connectivity index (χ2n) is 4.90. The van der Waals surface area contributed by atoms with Crippen molar-refractivity contribution in [2.24, 2.45) is 0 Å². The van der Waals surface area contributed by atoms with Crippen molar-refractivity contribution >= 4 is 45.1 Å². The van der Waals surface area contributed by atoms with Crippen LogP contribution in [0.3, 0.4) is 0 Å². The normalized spacial score (nSPS) is 15.5. The highest BCUT2D eigenvalue weighted by Gasteiger charge is 2.27. The van der Waals surface area contributed by atoms with Crippen molar-refractivity contribution in [1.29, 1.82) is 0 Å². The number of halogens is 1. The fraction of sp³-hybridized carbons (Fsp3) is 0.308. The summed E-state index contributed by atoms with van der Waals surface area (Å²) in [5.41, 5.74) is 1.19. The van der Waals surface area contributed by atoms with E-state index < -0.39 is 7.01 Å². The maximum absolute atomic E-state index is 12.0. The molecule has 1 heterocycles. The first-order valence-corrected chi connectivity index (χ1v) is 10.2. The summed E-state index contributed by atoms with van der Waals surface area (Å²) in [6.45, 7) is 1.76. The average molecular weight is 405 g/mol. The number of hydrogen-bond donors (Lipinski definition) is 1. The number of aryl methyl sites for hydroxylation is 1. The Morgan fingerprint density at radius 3 is 2.70 bits per heavy atom. The van der Waals surface area contributed by atoms with Crippen LogP contribution in [0.25, 0.3) is 11.0 Å². The van der Waals surface area contributed by atoms with Crippen LogP contribution in [-0.2, 0) is 7.01 Å². The molecule has 1 aliphatic carbocycles. The zero-order valence-corrected chi connectivity index (χ0v) is 13.6. The van der Waals surface area contributed by atoms with Gasteiger partial charge in [0.2, 0.25) is 7.01 Å². The van der Waals surface area contributed by atoms with Crippen LogP contribution >= 0.6 is 21.2 Å². The van der Waals surface area contributed by atoms with Crippen molar-refractivity contribution in [3.05, 3.63) is 29.5 Å². The van der Waals surface area contributed by atoms with E-state index in [1.54, 1.807) is 19.1 Å². The molecule has 1 aliphatic rings. The summed E-state index contributed by atoms with van der Waals surface area (Å²) < 4.78 is 28.7. The zero-order chi connectivity index (χ0) is 14.5. The Balaban J connectivity index is 2.07. The maximum atomic E-state index is 12.0. The van der Waals surface area contributed by atoms with Crippen molar-refractivity contribution in [1.82, 2.24) is 5.32 Å². The highest BCUT2D eigenvalue weighted by atomic mass is 127. The van der Waals surface area contributed by atoms with E-state index in [4.69, 9.17) is 4.42 Å². The van der Waals surface area contributed by atoms with Crippen LogP contribution in [0.5, 0.6) is 0 Å². The van der Waals surface area contributed by atoms with Crippen LogP contribution in [0.4, 0.5) is 0 Å². The molecule has 1 aromatic heterocycles. The summed E-state index contributed by atoms with van der Waals surface area (Å²) in [4.78, 5) is 12.3. The smallest absolute Gasteiger partial charge is 0.287 e. The lowest BCUT2D eigenvalue weighted by molar-refractivity contribution is 0.0924. The summed E-state index contributed by atoms with van der Waals surface area (Å²) in [5, 5.41) is 3.52. The summed E-state index contributed by atoms with van der Waals surface area (Å²) in [5.74, 6) is 0.0231. The monoisotopic (exact) mass is 405 g/mol. The zero-order valence-electron chi connectivity index (χ0n) is 10.6. The largest absolute Gasteiger partial charge is 0.451 e. The Morgan fingerprint density at radius 2 is 2.10 bits per heavy atom. The number of furan rings is 1. The van der Waals surface area contributed by atoms with Crippen LogP contribution < -0.4 is 5.32 Å². The van der Waals surface area contributed by atoms with Crippen LogP contribution in [0, 0.1) is 6.92 Å². The summed E-state index contributed by atoms with van der Waals surface area (Å²) in [6, 6.07) is 4.86. The number of rotatable bonds is 3. The molecule has 106 valence electrons. The molecule has 1 aromatic carbocycles. The molecule has 5 nitrogen and oxygen atoms in total. The molecule has 0 unspecified atom stereocenters. The van der Waals surface area contributed by atoms with Gasteiger partial charge in [0.05, 0.1) is 26.1 Å². The van der Waals surface area contributed by atoms with Gasteiger partial charge in [0.15, 0.2) is 5.76 Å². The molecular weight excluding hydrogens is 393 g/mol. The Bertz CT molecular complexity index is 805. The summed E-state index contributed by atoms with van der Waals surface area (Å²) in [7, 11) is -3.30. The van der Waals surface area contributed by atoms with Gasteiger partial charge in [-0.2, -0.15) is 0 Å². The molecule has 0 bridgehead atoms. The molecule has 0 atom stereocenters. The second kappa shape index (κ2) is 4.73. The molecule has 1 N–H and O–H groups in total. The van der Waals surface area contributed by atoms with E-state index in [0.29, 0.717) is 16.5 Å². The van der Waals surface area contributed by atoms with Crippen molar-refractivity contribution in [3.8, 4) is 0 Å². The van der Waals surface area contributed by atoms with Gasteiger partial charge in [-0.3, -0.25) is 4.79 Å². The first kappa shape index (κ1) is 13.9. The number of nitrogens with one attached hydrogen (secondary N) is 1. The van der Waals surface area contributed by atoms with Crippen molar-refractivity contribution < 1.29 is 17.6 Å². The van der Waals surface area contributed by atoms with Gasteiger partial charge in [-0.15, -0.1) is 0 Å². The Hall–Kier alpha value is -1.09. The Labute approximate surface area is 128 Å². The Morgan fingerprint density at radius 1 is 1.40 bits per heavy atom. The lowest BCUT2D eigenvalue weighted by Crippen LogP contribution is -2.25. The van der Waals surface area contributed by atoms with E-state index in [1.807, 2.05) is 0 Å². The molecular formula is C13H12INO4S. The third-order valence-corrected chi connectivity index (χ3v) is 5.65. The first-order valence-electron chi connectivity index (χ1n) is 6.15. The van der Waals surface area contributed by atoms with E-state index in [2.05, 4.69) is 5.32 Å². The summed E-state index contributed by atoms with van der Waals surface area (Å²) in [6.07, 6.45) is 2.00. The van der Waals surface area contributed by atoms with E-state index in [0.717, 1.165) is 12.8 Å². The number of amides is 1. The van der Waals surface area contributed by atoms with Gasteiger partial charge < -0.3 is 9.73 Å². The lowest BCUT2D eigenvalue weighted by atomic mass is 10.1. The van der Waals surface area contributed by atoms with Crippen molar-refractivity contribution in [2.45, 2.75) is 30.7 Å². The molecule has 1 saturated carbocycles. The number of carbonyl (C=O) groups is 1. The predicted molar refractivity (Wildman–Crippen MR) is 82.6 cm³/mol. The first-order chi connectivity index (χ1) is 9.36.